The van der Waals surface area contributed by atoms with Crippen LogP contribution in [0.5, 0.6) is 0 Å². The van der Waals surface area contributed by atoms with Crippen LogP contribution in [-0.2, 0) is 0 Å². The van der Waals surface area contributed by atoms with E-state index in [1.54, 1.807) is 12.1 Å². The Hall–Kier alpha value is -1.55. The first-order valence-electron chi connectivity index (χ1n) is 9.92. The average molecular weight is 350 g/mol. The van der Waals surface area contributed by atoms with Crippen LogP contribution in [0.4, 0.5) is 5.69 Å². The van der Waals surface area contributed by atoms with Crippen molar-refractivity contribution in [2.24, 2.45) is 0 Å². The predicted molar refractivity (Wildman–Crippen MR) is 104 cm³/mol. The molecule has 0 unspecified atom stereocenters. The van der Waals surface area contributed by atoms with Gasteiger partial charge in [0, 0.05) is 18.8 Å². The molecule has 4 heteroatoms. The van der Waals surface area contributed by atoms with Gasteiger partial charge in [0.25, 0.3) is 0 Å². The summed E-state index contributed by atoms with van der Waals surface area (Å²) in [5.41, 5.74) is 1.32. The second-order valence-corrected chi connectivity index (χ2v) is 6.78. The molecule has 4 nitrogen and oxygen atoms in total. The topological polar surface area (TPSA) is 69.6 Å². The van der Waals surface area contributed by atoms with Crippen molar-refractivity contribution in [3.63, 3.8) is 0 Å². The summed E-state index contributed by atoms with van der Waals surface area (Å²) < 4.78 is 0. The molecule has 0 aromatic heterocycles. The largest absolute Gasteiger partial charge is 0.478 e. The maximum absolute atomic E-state index is 10.8. The molecule has 3 N–H and O–H groups in total. The summed E-state index contributed by atoms with van der Waals surface area (Å²) in [7, 11) is 0. The van der Waals surface area contributed by atoms with E-state index in [0.29, 0.717) is 12.2 Å². The fourth-order valence-corrected chi connectivity index (χ4v) is 2.97. The van der Waals surface area contributed by atoms with Crippen LogP contribution >= 0.6 is 0 Å². The Morgan fingerprint density at radius 1 is 0.720 bits per heavy atom. The highest BCUT2D eigenvalue weighted by Gasteiger charge is 2.01. The maximum Gasteiger partial charge on any atom is 0.335 e. The van der Waals surface area contributed by atoms with Gasteiger partial charge in [-0.25, -0.2) is 4.79 Å². The number of benzene rings is 1. The van der Waals surface area contributed by atoms with Crippen molar-refractivity contribution in [3.05, 3.63) is 29.8 Å². The summed E-state index contributed by atoms with van der Waals surface area (Å²) in [6, 6.07) is 6.93. The summed E-state index contributed by atoms with van der Waals surface area (Å²) in [6.07, 6.45) is 15.2. The number of anilines is 1. The van der Waals surface area contributed by atoms with Crippen molar-refractivity contribution in [1.82, 2.24) is 0 Å². The molecule has 25 heavy (non-hydrogen) atoms. The Morgan fingerprint density at radius 2 is 1.16 bits per heavy atom. The van der Waals surface area contributed by atoms with E-state index in [9.17, 15) is 4.79 Å². The van der Waals surface area contributed by atoms with Crippen molar-refractivity contribution in [1.29, 1.82) is 0 Å². The highest BCUT2D eigenvalue weighted by molar-refractivity contribution is 5.87. The Labute approximate surface area is 152 Å². The molecule has 0 heterocycles. The number of carbonyl (C=O) groups is 1. The van der Waals surface area contributed by atoms with Gasteiger partial charge in [0.05, 0.1) is 5.56 Å². The number of aliphatic hydroxyl groups excluding tert-OH is 1. The molecule has 1 aromatic rings. The molecule has 0 saturated heterocycles. The lowest BCUT2D eigenvalue weighted by atomic mass is 10.1. The van der Waals surface area contributed by atoms with Crippen LogP contribution in [0.1, 0.15) is 87.4 Å². The molecule has 142 valence electrons. The molecule has 0 aliphatic carbocycles. The summed E-state index contributed by atoms with van der Waals surface area (Å²) in [5, 5.41) is 20.9. The second kappa shape index (κ2) is 14.8. The Balaban J connectivity index is 1.85. The van der Waals surface area contributed by atoms with E-state index in [2.05, 4.69) is 5.32 Å². The molecule has 0 fully saturated rings. The normalized spacial score (nSPS) is 10.8. The molecular weight excluding hydrogens is 314 g/mol. The zero-order valence-corrected chi connectivity index (χ0v) is 15.5. The Bertz CT molecular complexity index is 445. The number of rotatable bonds is 16. The van der Waals surface area contributed by atoms with Crippen molar-refractivity contribution < 1.29 is 15.0 Å². The first kappa shape index (κ1) is 21.5. The van der Waals surface area contributed by atoms with E-state index in [-0.39, 0.29) is 0 Å². The van der Waals surface area contributed by atoms with E-state index >= 15 is 0 Å². The van der Waals surface area contributed by atoms with Gasteiger partial charge >= 0.3 is 5.97 Å². The average Bonchev–Trinajstić information content (AvgIpc) is 2.62. The SMILES string of the molecule is O=C(O)c1ccc(NCCCCCCCCCCCCCCO)cc1. The molecule has 1 rings (SSSR count). The van der Waals surface area contributed by atoms with E-state index in [0.717, 1.165) is 25.1 Å². The van der Waals surface area contributed by atoms with Gasteiger partial charge in [0.1, 0.15) is 0 Å². The van der Waals surface area contributed by atoms with Gasteiger partial charge in [-0.2, -0.15) is 0 Å². The van der Waals surface area contributed by atoms with Crippen LogP contribution < -0.4 is 5.32 Å². The number of aromatic carboxylic acids is 1. The number of aliphatic hydroxyl groups is 1. The lowest BCUT2D eigenvalue weighted by Gasteiger charge is -2.07. The number of nitrogens with one attached hydrogen (secondary N) is 1. The highest BCUT2D eigenvalue weighted by Crippen LogP contribution is 2.13. The van der Waals surface area contributed by atoms with Gasteiger partial charge in [-0.3, -0.25) is 0 Å². The van der Waals surface area contributed by atoms with Gasteiger partial charge in [-0.1, -0.05) is 64.2 Å². The molecule has 1 aromatic carbocycles. The van der Waals surface area contributed by atoms with Crippen molar-refractivity contribution in [2.45, 2.75) is 77.0 Å². The van der Waals surface area contributed by atoms with E-state index in [1.807, 2.05) is 12.1 Å². The van der Waals surface area contributed by atoms with E-state index in [1.165, 1.54) is 64.2 Å². The fourth-order valence-electron chi connectivity index (χ4n) is 2.97. The van der Waals surface area contributed by atoms with Crippen LogP contribution in [0, 0.1) is 0 Å². The van der Waals surface area contributed by atoms with Crippen LogP contribution in [0.25, 0.3) is 0 Å². The number of hydrogen-bond donors (Lipinski definition) is 3. The smallest absolute Gasteiger partial charge is 0.335 e. The molecule has 0 atom stereocenters. The minimum Gasteiger partial charge on any atom is -0.478 e. The molecule has 0 amide bonds. The van der Waals surface area contributed by atoms with Gasteiger partial charge < -0.3 is 15.5 Å². The first-order valence-corrected chi connectivity index (χ1v) is 9.92. The minimum atomic E-state index is -0.881. The van der Waals surface area contributed by atoms with Crippen molar-refractivity contribution >= 4 is 11.7 Å². The van der Waals surface area contributed by atoms with Gasteiger partial charge in [-0.05, 0) is 37.1 Å². The quantitative estimate of drug-likeness (QED) is 0.346. The molecule has 0 aliphatic heterocycles. The van der Waals surface area contributed by atoms with Gasteiger partial charge in [0.15, 0.2) is 0 Å². The van der Waals surface area contributed by atoms with Crippen molar-refractivity contribution in [2.75, 3.05) is 18.5 Å². The highest BCUT2D eigenvalue weighted by atomic mass is 16.4. The van der Waals surface area contributed by atoms with Crippen molar-refractivity contribution in [3.8, 4) is 0 Å². The molecule has 0 radical (unpaired) electrons. The molecule has 0 bridgehead atoms. The molecule has 0 aliphatic rings. The molecular formula is C21H35NO3. The van der Waals surface area contributed by atoms with Gasteiger partial charge in [-0.15, -0.1) is 0 Å². The maximum atomic E-state index is 10.8. The molecule has 0 saturated carbocycles. The second-order valence-electron chi connectivity index (χ2n) is 6.78. The van der Waals surface area contributed by atoms with E-state index < -0.39 is 5.97 Å². The Kier molecular flexibility index (Phi) is 12.7. The van der Waals surface area contributed by atoms with Gasteiger partial charge in [0.2, 0.25) is 0 Å². The van der Waals surface area contributed by atoms with Crippen LogP contribution in [0.3, 0.4) is 0 Å². The summed E-state index contributed by atoms with van der Waals surface area (Å²) in [5.74, 6) is -0.881. The number of hydrogen-bond acceptors (Lipinski definition) is 3. The monoisotopic (exact) mass is 349 g/mol. The minimum absolute atomic E-state index is 0.329. The summed E-state index contributed by atoms with van der Waals surface area (Å²) in [6.45, 7) is 1.28. The number of unbranched alkanes of at least 4 members (excludes halogenated alkanes) is 11. The first-order chi connectivity index (χ1) is 12.2. The third kappa shape index (κ3) is 11.6. The van der Waals surface area contributed by atoms with Crippen LogP contribution in [0.15, 0.2) is 24.3 Å². The lowest BCUT2D eigenvalue weighted by molar-refractivity contribution is 0.0697. The zero-order valence-electron chi connectivity index (χ0n) is 15.5. The third-order valence-corrected chi connectivity index (χ3v) is 4.55. The summed E-state index contributed by atoms with van der Waals surface area (Å²) in [4.78, 5) is 10.8. The fraction of sp³-hybridized carbons (Fsp3) is 0.667. The van der Waals surface area contributed by atoms with Crippen LogP contribution in [0.2, 0.25) is 0 Å². The number of carboxylic acid groups (broad SMARTS) is 1. The third-order valence-electron chi connectivity index (χ3n) is 4.55. The number of carboxylic acids is 1. The summed E-state index contributed by atoms with van der Waals surface area (Å²) >= 11 is 0. The predicted octanol–water partition coefficient (Wildman–Crippen LogP) is 5.47. The lowest BCUT2D eigenvalue weighted by Crippen LogP contribution is -2.02. The van der Waals surface area contributed by atoms with E-state index in [4.69, 9.17) is 10.2 Å². The zero-order chi connectivity index (χ0) is 18.2. The Morgan fingerprint density at radius 3 is 1.60 bits per heavy atom. The molecule has 0 spiro atoms. The van der Waals surface area contributed by atoms with Crippen LogP contribution in [-0.4, -0.2) is 29.3 Å². The standard InChI is InChI=1S/C21H35NO3/c23-18-12-10-8-6-4-2-1-3-5-7-9-11-17-22-20-15-13-19(14-16-20)21(24)25/h13-16,22-23H,1-12,17-18H2,(H,24,25).